The van der Waals surface area contributed by atoms with Crippen LogP contribution in [0.4, 0.5) is 0 Å². The summed E-state index contributed by atoms with van der Waals surface area (Å²) in [6.45, 7) is 4.75. The van der Waals surface area contributed by atoms with E-state index in [9.17, 15) is 0 Å². The summed E-state index contributed by atoms with van der Waals surface area (Å²) in [7, 11) is 0. The Morgan fingerprint density at radius 3 is 1.12 bits per heavy atom. The molecule has 0 fully saturated rings. The number of rotatable bonds is 6. The van der Waals surface area contributed by atoms with E-state index in [4.69, 9.17) is 0 Å². The van der Waals surface area contributed by atoms with E-state index in [2.05, 4.69) is 208 Å². The van der Waals surface area contributed by atoms with Gasteiger partial charge in [-0.1, -0.05) is 172 Å². The topological polar surface area (TPSA) is 0 Å². The molecule has 1 aliphatic rings. The first-order chi connectivity index (χ1) is 25.0. The normalized spacial score (nSPS) is 13.3. The lowest BCUT2D eigenvalue weighted by molar-refractivity contribution is 0.661. The first kappa shape index (κ1) is 30.8. The zero-order valence-corrected chi connectivity index (χ0v) is 29.0. The summed E-state index contributed by atoms with van der Waals surface area (Å²) in [6.07, 6.45) is 8.73. The van der Waals surface area contributed by atoms with Gasteiger partial charge in [0.2, 0.25) is 0 Å². The van der Waals surface area contributed by atoms with Crippen LogP contribution in [0.15, 0.2) is 170 Å². The fourth-order valence-corrected chi connectivity index (χ4v) is 7.70. The smallest absolute Gasteiger partial charge is 0.0159 e. The van der Waals surface area contributed by atoms with Gasteiger partial charge in [0.15, 0.2) is 0 Å². The highest BCUT2D eigenvalue weighted by molar-refractivity contribution is 5.93. The Labute approximate surface area is 300 Å². The van der Waals surface area contributed by atoms with E-state index in [1.807, 2.05) is 0 Å². The first-order valence-corrected chi connectivity index (χ1v) is 17.8. The van der Waals surface area contributed by atoms with Crippen LogP contribution >= 0.6 is 0 Å². The second-order valence-electron chi connectivity index (χ2n) is 14.3. The maximum Gasteiger partial charge on any atom is 0.0159 e. The van der Waals surface area contributed by atoms with Gasteiger partial charge in [-0.05, 0) is 125 Å². The SMILES string of the molecule is CC1(C)c2cc(-c3ccc4cc(C=Cc5ccccc5)ccc4c3)ccc2-c2ccc(-c3ccc4cc(C=Cc5ccccc5)ccc4c3)cc21. The minimum absolute atomic E-state index is 0.107. The van der Waals surface area contributed by atoms with Crippen LogP contribution in [0.5, 0.6) is 0 Å². The fraction of sp³-hybridized carbons (Fsp3) is 0.0588. The van der Waals surface area contributed by atoms with Gasteiger partial charge in [-0.3, -0.25) is 0 Å². The summed E-state index contributed by atoms with van der Waals surface area (Å²) < 4.78 is 0. The molecule has 51 heavy (non-hydrogen) atoms. The van der Waals surface area contributed by atoms with E-state index in [1.165, 1.54) is 88.3 Å². The zero-order chi connectivity index (χ0) is 34.4. The molecule has 0 saturated carbocycles. The molecule has 0 radical (unpaired) electrons. The van der Waals surface area contributed by atoms with Gasteiger partial charge in [0, 0.05) is 5.41 Å². The lowest BCUT2D eigenvalue weighted by Gasteiger charge is -2.23. The molecular formula is C51H38. The molecule has 0 nitrogen and oxygen atoms in total. The quantitative estimate of drug-likeness (QED) is 0.157. The molecule has 0 saturated heterocycles. The van der Waals surface area contributed by atoms with Gasteiger partial charge in [-0.2, -0.15) is 0 Å². The van der Waals surface area contributed by atoms with Crippen LogP contribution in [0.3, 0.4) is 0 Å². The van der Waals surface area contributed by atoms with Gasteiger partial charge in [0.1, 0.15) is 0 Å². The Morgan fingerprint density at radius 2 is 0.667 bits per heavy atom. The maximum absolute atomic E-state index is 2.42. The first-order valence-electron chi connectivity index (χ1n) is 17.8. The van der Waals surface area contributed by atoms with Crippen LogP contribution < -0.4 is 0 Å². The van der Waals surface area contributed by atoms with Crippen molar-refractivity contribution >= 4 is 45.8 Å². The largest absolute Gasteiger partial charge is 0.0622 e. The Kier molecular flexibility index (Phi) is 7.59. The fourth-order valence-electron chi connectivity index (χ4n) is 7.70. The van der Waals surface area contributed by atoms with E-state index in [-0.39, 0.29) is 5.41 Å². The van der Waals surface area contributed by atoms with Gasteiger partial charge in [-0.25, -0.2) is 0 Å². The Hall–Kier alpha value is -6.24. The minimum Gasteiger partial charge on any atom is -0.0622 e. The monoisotopic (exact) mass is 650 g/mol. The summed E-state index contributed by atoms with van der Waals surface area (Å²) in [4.78, 5) is 0. The molecule has 242 valence electrons. The molecule has 0 atom stereocenters. The standard InChI is InChI=1S/C51H38/c1-51(2)49-33-45(43-23-21-39-29-37(17-19-41(39)31-43)15-13-35-9-5-3-6-10-35)25-27-47(49)48-28-26-46(34-50(48)51)44-24-22-40-30-38(18-20-42(40)32-44)16-14-36-11-7-4-8-12-36/h3-34H,1-2H3. The highest BCUT2D eigenvalue weighted by Gasteiger charge is 2.35. The Bertz CT molecular complexity index is 2450. The average Bonchev–Trinajstić information content (AvgIpc) is 3.41. The van der Waals surface area contributed by atoms with Crippen molar-refractivity contribution < 1.29 is 0 Å². The Balaban J connectivity index is 0.980. The molecule has 0 aromatic heterocycles. The van der Waals surface area contributed by atoms with Crippen molar-refractivity contribution in [3.05, 3.63) is 203 Å². The third-order valence-electron chi connectivity index (χ3n) is 10.6. The van der Waals surface area contributed by atoms with E-state index in [0.717, 1.165) is 0 Å². The maximum atomic E-state index is 2.42. The molecule has 0 heteroatoms. The third-order valence-corrected chi connectivity index (χ3v) is 10.6. The average molecular weight is 651 g/mol. The summed E-state index contributed by atoms with van der Waals surface area (Å²) in [5, 5.41) is 5.02. The van der Waals surface area contributed by atoms with Crippen molar-refractivity contribution in [3.8, 4) is 33.4 Å². The predicted octanol–water partition coefficient (Wildman–Crippen LogP) is 14.0. The van der Waals surface area contributed by atoms with Crippen molar-refractivity contribution in [2.24, 2.45) is 0 Å². The highest BCUT2D eigenvalue weighted by atomic mass is 14.4. The van der Waals surface area contributed by atoms with Crippen LogP contribution in [0, 0.1) is 0 Å². The van der Waals surface area contributed by atoms with Crippen LogP contribution in [0.2, 0.25) is 0 Å². The van der Waals surface area contributed by atoms with Gasteiger partial charge in [0.05, 0.1) is 0 Å². The third kappa shape index (κ3) is 5.90. The van der Waals surface area contributed by atoms with Crippen molar-refractivity contribution in [3.63, 3.8) is 0 Å². The van der Waals surface area contributed by atoms with Crippen LogP contribution in [-0.4, -0.2) is 0 Å². The van der Waals surface area contributed by atoms with Gasteiger partial charge < -0.3 is 0 Å². The molecule has 0 heterocycles. The molecule has 0 unspecified atom stereocenters. The van der Waals surface area contributed by atoms with Crippen LogP contribution in [-0.2, 0) is 5.41 Å². The molecule has 8 aromatic rings. The van der Waals surface area contributed by atoms with Crippen LogP contribution in [0.1, 0.15) is 47.2 Å². The summed E-state index contributed by atoms with van der Waals surface area (Å²) in [5.41, 5.74) is 15.2. The molecule has 0 spiro atoms. The number of hydrogen-bond donors (Lipinski definition) is 0. The minimum atomic E-state index is -0.107. The summed E-state index contributed by atoms with van der Waals surface area (Å²) in [5.74, 6) is 0. The highest BCUT2D eigenvalue weighted by Crippen LogP contribution is 2.50. The van der Waals surface area contributed by atoms with E-state index < -0.39 is 0 Å². The van der Waals surface area contributed by atoms with E-state index in [1.54, 1.807) is 0 Å². The number of fused-ring (bicyclic) bond motifs is 5. The second kappa shape index (κ2) is 12.6. The predicted molar refractivity (Wildman–Crippen MR) is 221 cm³/mol. The lowest BCUT2D eigenvalue weighted by atomic mass is 9.80. The molecule has 9 rings (SSSR count). The molecule has 0 N–H and O–H groups in total. The zero-order valence-electron chi connectivity index (χ0n) is 29.0. The van der Waals surface area contributed by atoms with Gasteiger partial charge >= 0.3 is 0 Å². The number of hydrogen-bond acceptors (Lipinski definition) is 0. The van der Waals surface area contributed by atoms with E-state index >= 15 is 0 Å². The number of benzene rings is 8. The van der Waals surface area contributed by atoms with Crippen molar-refractivity contribution in [1.82, 2.24) is 0 Å². The lowest BCUT2D eigenvalue weighted by Crippen LogP contribution is -2.15. The van der Waals surface area contributed by atoms with E-state index in [0.29, 0.717) is 0 Å². The molecule has 0 aliphatic heterocycles. The molecule has 0 bridgehead atoms. The molecule has 8 aromatic carbocycles. The summed E-state index contributed by atoms with van der Waals surface area (Å²) >= 11 is 0. The second-order valence-corrected chi connectivity index (χ2v) is 14.3. The Morgan fingerprint density at radius 1 is 0.314 bits per heavy atom. The summed E-state index contributed by atoms with van der Waals surface area (Å²) in [6, 6.07) is 62.2. The van der Waals surface area contributed by atoms with Gasteiger partial charge in [-0.15, -0.1) is 0 Å². The van der Waals surface area contributed by atoms with Crippen LogP contribution in [0.25, 0.3) is 79.2 Å². The molecule has 1 aliphatic carbocycles. The van der Waals surface area contributed by atoms with Crippen molar-refractivity contribution in [2.45, 2.75) is 19.3 Å². The molecule has 0 amide bonds. The molecular weight excluding hydrogens is 613 g/mol. The van der Waals surface area contributed by atoms with Crippen molar-refractivity contribution in [2.75, 3.05) is 0 Å². The van der Waals surface area contributed by atoms with Gasteiger partial charge in [0.25, 0.3) is 0 Å². The van der Waals surface area contributed by atoms with Crippen molar-refractivity contribution in [1.29, 1.82) is 0 Å².